The Morgan fingerprint density at radius 3 is 2.67 bits per heavy atom. The number of aryl methyl sites for hydroxylation is 1. The molecule has 1 aromatic heterocycles. The first-order valence-electron chi connectivity index (χ1n) is 5.70. The summed E-state index contributed by atoms with van der Waals surface area (Å²) in [6, 6.07) is 7.77. The van der Waals surface area contributed by atoms with Crippen molar-refractivity contribution >= 4 is 23.1 Å². The van der Waals surface area contributed by atoms with Crippen LogP contribution in [0.2, 0.25) is 0 Å². The third kappa shape index (κ3) is 2.68. The fourth-order valence-electron chi connectivity index (χ4n) is 1.73. The Labute approximate surface area is 107 Å². The van der Waals surface area contributed by atoms with Crippen LogP contribution >= 0.6 is 0 Å². The van der Waals surface area contributed by atoms with E-state index < -0.39 is 0 Å². The molecule has 0 aliphatic rings. The van der Waals surface area contributed by atoms with Crippen molar-refractivity contribution in [2.24, 2.45) is 0 Å². The Hall–Kier alpha value is -2.30. The highest BCUT2D eigenvalue weighted by molar-refractivity contribution is 5.65. The summed E-state index contributed by atoms with van der Waals surface area (Å²) in [5.41, 5.74) is 8.93. The van der Waals surface area contributed by atoms with E-state index in [1.54, 1.807) is 12.3 Å². The SMILES string of the molecule is Cc1ccc(Nc2nccc(N)n2)cc1N(C)C. The second-order valence-corrected chi connectivity index (χ2v) is 4.33. The molecule has 3 N–H and O–H groups in total. The number of nitrogens with one attached hydrogen (secondary N) is 1. The van der Waals surface area contributed by atoms with Gasteiger partial charge in [-0.2, -0.15) is 4.98 Å². The molecule has 1 aromatic carbocycles. The predicted octanol–water partition coefficient (Wildman–Crippen LogP) is 2.18. The Kier molecular flexibility index (Phi) is 3.32. The highest BCUT2D eigenvalue weighted by atomic mass is 15.1. The summed E-state index contributed by atoms with van der Waals surface area (Å²) < 4.78 is 0. The highest BCUT2D eigenvalue weighted by Crippen LogP contribution is 2.24. The van der Waals surface area contributed by atoms with Crippen LogP contribution in [0, 0.1) is 6.92 Å². The smallest absolute Gasteiger partial charge is 0.229 e. The molecular formula is C13H17N5. The molecule has 0 saturated carbocycles. The van der Waals surface area contributed by atoms with E-state index >= 15 is 0 Å². The summed E-state index contributed by atoms with van der Waals surface area (Å²) in [4.78, 5) is 10.3. The predicted molar refractivity (Wildman–Crippen MR) is 75.2 cm³/mol. The molecule has 1 heterocycles. The van der Waals surface area contributed by atoms with Crippen molar-refractivity contribution in [2.75, 3.05) is 30.0 Å². The average molecular weight is 243 g/mol. The number of benzene rings is 1. The average Bonchev–Trinajstić information content (AvgIpc) is 2.31. The lowest BCUT2D eigenvalue weighted by Gasteiger charge is -2.17. The van der Waals surface area contributed by atoms with Crippen molar-refractivity contribution in [3.63, 3.8) is 0 Å². The van der Waals surface area contributed by atoms with E-state index in [1.165, 1.54) is 5.56 Å². The summed E-state index contributed by atoms with van der Waals surface area (Å²) >= 11 is 0. The summed E-state index contributed by atoms with van der Waals surface area (Å²) in [6.45, 7) is 2.08. The first-order chi connectivity index (χ1) is 8.56. The van der Waals surface area contributed by atoms with Crippen LogP contribution in [0.5, 0.6) is 0 Å². The van der Waals surface area contributed by atoms with Gasteiger partial charge in [-0.1, -0.05) is 6.07 Å². The lowest BCUT2D eigenvalue weighted by Crippen LogP contribution is -2.10. The number of nitrogen functional groups attached to an aromatic ring is 1. The van der Waals surface area contributed by atoms with Crippen LogP contribution in [0.25, 0.3) is 0 Å². The molecule has 0 aliphatic heterocycles. The molecule has 0 unspecified atom stereocenters. The Balaban J connectivity index is 2.27. The van der Waals surface area contributed by atoms with Crippen molar-refractivity contribution < 1.29 is 0 Å². The van der Waals surface area contributed by atoms with Gasteiger partial charge in [0, 0.05) is 31.7 Å². The molecule has 94 valence electrons. The number of rotatable bonds is 3. The molecule has 5 nitrogen and oxygen atoms in total. The number of anilines is 4. The molecule has 0 atom stereocenters. The minimum absolute atomic E-state index is 0.451. The fraction of sp³-hybridized carbons (Fsp3) is 0.231. The van der Waals surface area contributed by atoms with Gasteiger partial charge >= 0.3 is 0 Å². The van der Waals surface area contributed by atoms with Crippen LogP contribution in [0.3, 0.4) is 0 Å². The number of aromatic nitrogens is 2. The normalized spacial score (nSPS) is 10.2. The topological polar surface area (TPSA) is 67.1 Å². The minimum Gasteiger partial charge on any atom is -0.384 e. The van der Waals surface area contributed by atoms with Gasteiger partial charge < -0.3 is 16.0 Å². The Morgan fingerprint density at radius 2 is 2.00 bits per heavy atom. The van der Waals surface area contributed by atoms with E-state index in [1.807, 2.05) is 20.2 Å². The minimum atomic E-state index is 0.451. The van der Waals surface area contributed by atoms with Crippen LogP contribution in [0.1, 0.15) is 5.56 Å². The number of hydrogen-bond donors (Lipinski definition) is 2. The van der Waals surface area contributed by atoms with Gasteiger partial charge in [0.2, 0.25) is 5.95 Å². The molecule has 0 saturated heterocycles. The van der Waals surface area contributed by atoms with Crippen molar-refractivity contribution in [1.29, 1.82) is 0 Å². The Bertz CT molecular complexity index is 551. The van der Waals surface area contributed by atoms with E-state index in [2.05, 4.69) is 39.2 Å². The summed E-state index contributed by atoms with van der Waals surface area (Å²) in [7, 11) is 4.03. The molecule has 2 rings (SSSR count). The maximum Gasteiger partial charge on any atom is 0.229 e. The second kappa shape index (κ2) is 4.91. The van der Waals surface area contributed by atoms with Gasteiger partial charge in [0.05, 0.1) is 0 Å². The molecule has 5 heteroatoms. The number of nitrogens with two attached hydrogens (primary N) is 1. The number of nitrogens with zero attached hydrogens (tertiary/aromatic N) is 3. The van der Waals surface area contributed by atoms with Gasteiger partial charge in [0.15, 0.2) is 0 Å². The van der Waals surface area contributed by atoms with Gasteiger partial charge in [-0.3, -0.25) is 0 Å². The summed E-state index contributed by atoms with van der Waals surface area (Å²) in [6.07, 6.45) is 1.63. The highest BCUT2D eigenvalue weighted by Gasteiger charge is 2.04. The fourth-order valence-corrected chi connectivity index (χ4v) is 1.73. The lowest BCUT2D eigenvalue weighted by molar-refractivity contribution is 1.11. The molecular weight excluding hydrogens is 226 g/mol. The monoisotopic (exact) mass is 243 g/mol. The first-order valence-corrected chi connectivity index (χ1v) is 5.70. The van der Waals surface area contributed by atoms with Gasteiger partial charge in [-0.25, -0.2) is 4.98 Å². The van der Waals surface area contributed by atoms with Crippen molar-refractivity contribution in [2.45, 2.75) is 6.92 Å². The van der Waals surface area contributed by atoms with Crippen molar-refractivity contribution in [1.82, 2.24) is 9.97 Å². The third-order valence-electron chi connectivity index (χ3n) is 2.62. The summed E-state index contributed by atoms with van der Waals surface area (Å²) in [5.74, 6) is 0.955. The maximum absolute atomic E-state index is 5.62. The zero-order valence-corrected chi connectivity index (χ0v) is 10.8. The molecule has 0 bridgehead atoms. The second-order valence-electron chi connectivity index (χ2n) is 4.33. The van der Waals surface area contributed by atoms with Gasteiger partial charge in [-0.15, -0.1) is 0 Å². The van der Waals surface area contributed by atoms with E-state index in [4.69, 9.17) is 5.73 Å². The zero-order chi connectivity index (χ0) is 13.1. The van der Waals surface area contributed by atoms with E-state index in [9.17, 15) is 0 Å². The van der Waals surface area contributed by atoms with Crippen LogP contribution in [-0.4, -0.2) is 24.1 Å². The van der Waals surface area contributed by atoms with E-state index in [0.29, 0.717) is 11.8 Å². The molecule has 0 fully saturated rings. The molecule has 18 heavy (non-hydrogen) atoms. The first kappa shape index (κ1) is 12.2. The van der Waals surface area contributed by atoms with Gasteiger partial charge in [0.1, 0.15) is 5.82 Å². The summed E-state index contributed by atoms with van der Waals surface area (Å²) in [5, 5.41) is 3.14. The molecule has 0 spiro atoms. The van der Waals surface area contributed by atoms with Crippen LogP contribution in [0.4, 0.5) is 23.1 Å². The quantitative estimate of drug-likeness (QED) is 0.864. The molecule has 0 radical (unpaired) electrons. The van der Waals surface area contributed by atoms with Crippen LogP contribution in [0.15, 0.2) is 30.5 Å². The largest absolute Gasteiger partial charge is 0.384 e. The lowest BCUT2D eigenvalue weighted by atomic mass is 10.1. The van der Waals surface area contributed by atoms with E-state index in [-0.39, 0.29) is 0 Å². The standard InChI is InChI=1S/C13H17N5/c1-9-4-5-10(8-11(9)18(2)3)16-13-15-7-6-12(14)17-13/h4-8H,1-3H3,(H3,14,15,16,17). The maximum atomic E-state index is 5.62. The molecule has 0 amide bonds. The zero-order valence-electron chi connectivity index (χ0n) is 10.8. The van der Waals surface area contributed by atoms with Crippen LogP contribution < -0.4 is 16.0 Å². The van der Waals surface area contributed by atoms with E-state index in [0.717, 1.165) is 11.4 Å². The molecule has 0 aliphatic carbocycles. The van der Waals surface area contributed by atoms with Crippen molar-refractivity contribution in [3.05, 3.63) is 36.0 Å². The Morgan fingerprint density at radius 1 is 1.22 bits per heavy atom. The van der Waals surface area contributed by atoms with Crippen molar-refractivity contribution in [3.8, 4) is 0 Å². The van der Waals surface area contributed by atoms with Crippen LogP contribution in [-0.2, 0) is 0 Å². The molecule has 2 aromatic rings. The van der Waals surface area contributed by atoms with Gasteiger partial charge in [-0.05, 0) is 30.7 Å². The van der Waals surface area contributed by atoms with Gasteiger partial charge in [0.25, 0.3) is 0 Å². The number of hydrogen-bond acceptors (Lipinski definition) is 5. The third-order valence-corrected chi connectivity index (χ3v) is 2.62.